The van der Waals surface area contributed by atoms with Gasteiger partial charge >= 0.3 is 0 Å². The molecule has 2 N–H and O–H groups in total. The third-order valence-electron chi connectivity index (χ3n) is 3.68. The van der Waals surface area contributed by atoms with Gasteiger partial charge in [0.2, 0.25) is 11.1 Å². The lowest BCUT2D eigenvalue weighted by molar-refractivity contribution is -0.113. The van der Waals surface area contributed by atoms with Crippen LogP contribution in [0.3, 0.4) is 0 Å². The molecule has 9 heteroatoms. The number of carbonyl (C=O) groups is 1. The molecule has 25 heavy (non-hydrogen) atoms. The lowest BCUT2D eigenvalue weighted by atomic mass is 10.2. The Morgan fingerprint density at radius 3 is 2.76 bits per heavy atom. The van der Waals surface area contributed by atoms with Gasteiger partial charge in [0.05, 0.1) is 20.0 Å². The second-order valence-electron chi connectivity index (χ2n) is 5.44. The summed E-state index contributed by atoms with van der Waals surface area (Å²) >= 11 is 1.26. The van der Waals surface area contributed by atoms with E-state index in [4.69, 9.17) is 14.2 Å². The summed E-state index contributed by atoms with van der Waals surface area (Å²) in [6.45, 7) is 0.750. The molecule has 134 valence electrons. The quantitative estimate of drug-likeness (QED) is 0.728. The maximum absolute atomic E-state index is 12.1. The van der Waals surface area contributed by atoms with Gasteiger partial charge in [-0.25, -0.2) is 4.98 Å². The molecule has 1 aliphatic heterocycles. The van der Waals surface area contributed by atoms with Crippen molar-refractivity contribution in [2.45, 2.75) is 24.1 Å². The fourth-order valence-electron chi connectivity index (χ4n) is 2.47. The van der Waals surface area contributed by atoms with E-state index >= 15 is 0 Å². The van der Waals surface area contributed by atoms with Crippen molar-refractivity contribution in [3.63, 3.8) is 0 Å². The molecule has 0 saturated carbocycles. The van der Waals surface area contributed by atoms with Gasteiger partial charge in [0.15, 0.2) is 5.82 Å². The molecule has 0 unspecified atom stereocenters. The number of aromatic amines is 1. The number of rotatable bonds is 7. The van der Waals surface area contributed by atoms with Gasteiger partial charge in [-0.2, -0.15) is 0 Å². The van der Waals surface area contributed by atoms with Gasteiger partial charge in [0.1, 0.15) is 17.6 Å². The Kier molecular flexibility index (Phi) is 5.77. The molecular formula is C16H20N4O4S. The Bertz CT molecular complexity index is 708. The number of hydrogen-bond donors (Lipinski definition) is 2. The largest absolute Gasteiger partial charge is 0.497 e. The number of anilines is 1. The number of benzene rings is 1. The first-order valence-electron chi connectivity index (χ1n) is 7.87. The molecule has 2 heterocycles. The number of nitrogens with one attached hydrogen (secondary N) is 2. The molecular weight excluding hydrogens is 344 g/mol. The van der Waals surface area contributed by atoms with Crippen molar-refractivity contribution in [2.75, 3.05) is 31.9 Å². The first-order valence-corrected chi connectivity index (χ1v) is 8.86. The topological polar surface area (TPSA) is 98.4 Å². The van der Waals surface area contributed by atoms with Crippen LogP contribution in [0.15, 0.2) is 23.4 Å². The standard InChI is InChI=1S/C16H20N4O4S/c1-22-11-6-10(7-12(8-11)23-2)17-14(21)9-25-16-18-15(19-20-16)13-4-3-5-24-13/h6-8,13H,3-5,9H2,1-2H3,(H,17,21)(H,18,19,20)/t13-/m0/s1. The average Bonchev–Trinajstić information content (AvgIpc) is 3.30. The highest BCUT2D eigenvalue weighted by Gasteiger charge is 2.21. The predicted molar refractivity (Wildman–Crippen MR) is 93.2 cm³/mol. The van der Waals surface area contributed by atoms with Crippen LogP contribution in [-0.2, 0) is 9.53 Å². The van der Waals surface area contributed by atoms with E-state index in [2.05, 4.69) is 20.5 Å². The van der Waals surface area contributed by atoms with Gasteiger partial charge in [0.25, 0.3) is 0 Å². The molecule has 1 aromatic carbocycles. The molecule has 1 fully saturated rings. The van der Waals surface area contributed by atoms with E-state index in [1.165, 1.54) is 11.8 Å². The third-order valence-corrected chi connectivity index (χ3v) is 4.53. The van der Waals surface area contributed by atoms with E-state index in [-0.39, 0.29) is 17.8 Å². The zero-order valence-electron chi connectivity index (χ0n) is 14.1. The number of ether oxygens (including phenoxy) is 3. The number of thioether (sulfide) groups is 1. The molecule has 0 radical (unpaired) electrons. The van der Waals surface area contributed by atoms with Crippen LogP contribution >= 0.6 is 11.8 Å². The van der Waals surface area contributed by atoms with Crippen LogP contribution in [0.5, 0.6) is 11.5 Å². The van der Waals surface area contributed by atoms with Crippen LogP contribution in [0.4, 0.5) is 5.69 Å². The smallest absolute Gasteiger partial charge is 0.234 e. The summed E-state index contributed by atoms with van der Waals surface area (Å²) in [6, 6.07) is 5.20. The second-order valence-corrected chi connectivity index (χ2v) is 6.39. The second kappa shape index (κ2) is 8.21. The van der Waals surface area contributed by atoms with Gasteiger partial charge in [-0.15, -0.1) is 5.10 Å². The summed E-state index contributed by atoms with van der Waals surface area (Å²) in [5.41, 5.74) is 0.608. The van der Waals surface area contributed by atoms with Gasteiger partial charge in [-0.05, 0) is 12.8 Å². The summed E-state index contributed by atoms with van der Waals surface area (Å²) in [6.07, 6.45) is 1.96. The molecule has 1 aliphatic rings. The highest BCUT2D eigenvalue weighted by Crippen LogP contribution is 2.28. The van der Waals surface area contributed by atoms with Crippen molar-refractivity contribution < 1.29 is 19.0 Å². The molecule has 0 bridgehead atoms. The predicted octanol–water partition coefficient (Wildman–Crippen LogP) is 2.40. The fourth-order valence-corrected chi connectivity index (χ4v) is 3.07. The van der Waals surface area contributed by atoms with Gasteiger partial charge < -0.3 is 19.5 Å². The number of aromatic nitrogens is 3. The fraction of sp³-hybridized carbons (Fsp3) is 0.438. The molecule has 1 atom stereocenters. The number of nitrogens with zero attached hydrogens (tertiary/aromatic N) is 2. The van der Waals surface area contributed by atoms with Crippen LogP contribution in [0, 0.1) is 0 Å². The molecule has 1 saturated heterocycles. The van der Waals surface area contributed by atoms with Crippen molar-refractivity contribution in [3.05, 3.63) is 24.0 Å². The minimum Gasteiger partial charge on any atom is -0.497 e. The summed E-state index contributed by atoms with van der Waals surface area (Å²) in [4.78, 5) is 16.5. The van der Waals surface area contributed by atoms with E-state index in [1.54, 1.807) is 32.4 Å². The number of amides is 1. The van der Waals surface area contributed by atoms with E-state index in [1.807, 2.05) is 0 Å². The Balaban J connectivity index is 1.54. The lowest BCUT2D eigenvalue weighted by Crippen LogP contribution is -2.14. The average molecular weight is 364 g/mol. The van der Waals surface area contributed by atoms with Crippen molar-refractivity contribution in [2.24, 2.45) is 0 Å². The number of hydrogen-bond acceptors (Lipinski definition) is 7. The zero-order valence-corrected chi connectivity index (χ0v) is 14.9. The summed E-state index contributed by atoms with van der Waals surface area (Å²) < 4.78 is 15.9. The Labute approximate surface area is 149 Å². The number of carbonyl (C=O) groups excluding carboxylic acids is 1. The highest BCUT2D eigenvalue weighted by atomic mass is 32.2. The number of H-pyrrole nitrogens is 1. The van der Waals surface area contributed by atoms with Crippen LogP contribution in [0.1, 0.15) is 24.8 Å². The Morgan fingerprint density at radius 1 is 1.36 bits per heavy atom. The van der Waals surface area contributed by atoms with Crippen LogP contribution in [0.2, 0.25) is 0 Å². The first kappa shape index (κ1) is 17.6. The third kappa shape index (κ3) is 4.64. The molecule has 1 aromatic heterocycles. The maximum Gasteiger partial charge on any atom is 0.234 e. The minimum absolute atomic E-state index is 0.0140. The van der Waals surface area contributed by atoms with E-state index in [0.29, 0.717) is 22.3 Å². The summed E-state index contributed by atoms with van der Waals surface area (Å²) in [5, 5.41) is 10.3. The van der Waals surface area contributed by atoms with Crippen molar-refractivity contribution in [1.29, 1.82) is 0 Å². The SMILES string of the molecule is COc1cc(NC(=O)CSc2n[nH]c([C@@H]3CCCO3)n2)cc(OC)c1. The normalized spacial score (nSPS) is 16.6. The first-order chi connectivity index (χ1) is 12.2. The zero-order chi connectivity index (χ0) is 17.6. The Morgan fingerprint density at radius 2 is 2.12 bits per heavy atom. The van der Waals surface area contributed by atoms with Gasteiger partial charge in [-0.3, -0.25) is 9.89 Å². The van der Waals surface area contributed by atoms with Gasteiger partial charge in [0, 0.05) is 30.5 Å². The van der Waals surface area contributed by atoms with Gasteiger partial charge in [-0.1, -0.05) is 11.8 Å². The van der Waals surface area contributed by atoms with Crippen LogP contribution in [0.25, 0.3) is 0 Å². The minimum atomic E-state index is -0.163. The molecule has 0 spiro atoms. The van der Waals surface area contributed by atoms with Crippen molar-refractivity contribution in [1.82, 2.24) is 15.2 Å². The monoisotopic (exact) mass is 364 g/mol. The molecule has 1 amide bonds. The maximum atomic E-state index is 12.1. The Hall–Kier alpha value is -2.26. The summed E-state index contributed by atoms with van der Waals surface area (Å²) in [7, 11) is 3.12. The summed E-state index contributed by atoms with van der Waals surface area (Å²) in [5.74, 6) is 1.97. The van der Waals surface area contributed by atoms with E-state index < -0.39 is 0 Å². The molecule has 0 aliphatic carbocycles. The van der Waals surface area contributed by atoms with E-state index in [9.17, 15) is 4.79 Å². The van der Waals surface area contributed by atoms with E-state index in [0.717, 1.165) is 25.3 Å². The highest BCUT2D eigenvalue weighted by molar-refractivity contribution is 7.99. The molecule has 8 nitrogen and oxygen atoms in total. The molecule has 2 aromatic rings. The number of methoxy groups -OCH3 is 2. The molecule has 3 rings (SSSR count). The van der Waals surface area contributed by atoms with Crippen LogP contribution in [-0.4, -0.2) is 47.7 Å². The van der Waals surface area contributed by atoms with Crippen molar-refractivity contribution in [3.8, 4) is 11.5 Å². The van der Waals surface area contributed by atoms with Crippen molar-refractivity contribution >= 4 is 23.4 Å². The lowest BCUT2D eigenvalue weighted by Gasteiger charge is -2.09. The van der Waals surface area contributed by atoms with Crippen LogP contribution < -0.4 is 14.8 Å².